The lowest BCUT2D eigenvalue weighted by Crippen LogP contribution is -2.28. The number of amides is 2. The quantitative estimate of drug-likeness (QED) is 0.704. The second-order valence-electron chi connectivity index (χ2n) is 4.10. The zero-order chi connectivity index (χ0) is 13.3. The van der Waals surface area contributed by atoms with E-state index in [0.29, 0.717) is 10.6 Å². The molecule has 1 aromatic heterocycles. The molecule has 96 valence electrons. The molecule has 1 heterocycles. The smallest absolute Gasteiger partial charge is 0.276 e. The molecule has 1 aliphatic carbocycles. The first kappa shape index (κ1) is 13.0. The Morgan fingerprint density at radius 1 is 1.22 bits per heavy atom. The van der Waals surface area contributed by atoms with E-state index in [9.17, 15) is 9.59 Å². The Labute approximate surface area is 114 Å². The van der Waals surface area contributed by atoms with Crippen LogP contribution in [0.4, 0.5) is 5.00 Å². The molecule has 0 aromatic carbocycles. The van der Waals surface area contributed by atoms with Crippen molar-refractivity contribution in [3.8, 4) is 0 Å². The summed E-state index contributed by atoms with van der Waals surface area (Å²) in [7, 11) is 0. The zero-order valence-electron chi connectivity index (χ0n) is 9.62. The second kappa shape index (κ2) is 5.03. The molecule has 2 rings (SSSR count). The van der Waals surface area contributed by atoms with E-state index < -0.39 is 11.8 Å². The van der Waals surface area contributed by atoms with Gasteiger partial charge < -0.3 is 16.8 Å². The molecule has 0 bridgehead atoms. The lowest BCUT2D eigenvalue weighted by atomic mass is 9.95. The molecular weight excluding hydrogens is 270 g/mol. The summed E-state index contributed by atoms with van der Waals surface area (Å²) in [5, 5.41) is 3.26. The highest BCUT2D eigenvalue weighted by atomic mass is 32.1. The Kier molecular flexibility index (Phi) is 3.63. The van der Waals surface area contributed by atoms with E-state index in [1.807, 2.05) is 0 Å². The Bertz CT molecular complexity index is 537. The molecule has 0 atom stereocenters. The standard InChI is InChI=1S/C11H13N3O2S2/c12-8(15)7-5-3-1-2-4-6(5)18-11(7)14-10(17)9(13)16/h1-4H2,(H2,12,15)(H2,13,16)(H,14,17). The first-order chi connectivity index (χ1) is 8.50. The minimum absolute atomic E-state index is 0.101. The van der Waals surface area contributed by atoms with Gasteiger partial charge in [0, 0.05) is 4.88 Å². The third-order valence-corrected chi connectivity index (χ3v) is 4.38. The first-order valence-corrected chi connectivity index (χ1v) is 6.78. The highest BCUT2D eigenvalue weighted by Gasteiger charge is 2.24. The predicted octanol–water partition coefficient (Wildman–Crippen LogP) is 0.950. The van der Waals surface area contributed by atoms with Crippen molar-refractivity contribution in [1.82, 2.24) is 0 Å². The highest BCUT2D eigenvalue weighted by Crippen LogP contribution is 2.37. The molecule has 0 spiro atoms. The highest BCUT2D eigenvalue weighted by molar-refractivity contribution is 7.82. The van der Waals surface area contributed by atoms with Crippen LogP contribution in [0.1, 0.15) is 33.6 Å². The van der Waals surface area contributed by atoms with Crippen molar-refractivity contribution < 1.29 is 9.59 Å². The van der Waals surface area contributed by atoms with Crippen molar-refractivity contribution in [2.24, 2.45) is 11.5 Å². The van der Waals surface area contributed by atoms with E-state index in [2.05, 4.69) is 5.32 Å². The normalized spacial score (nSPS) is 13.8. The number of fused-ring (bicyclic) bond motifs is 1. The molecule has 5 nitrogen and oxygen atoms in total. The van der Waals surface area contributed by atoms with Crippen molar-refractivity contribution in [1.29, 1.82) is 0 Å². The maximum Gasteiger partial charge on any atom is 0.276 e. The number of hydrogen-bond acceptors (Lipinski definition) is 4. The molecule has 0 fully saturated rings. The number of thiophene rings is 1. The number of anilines is 1. The predicted molar refractivity (Wildman–Crippen MR) is 74.9 cm³/mol. The lowest BCUT2D eigenvalue weighted by molar-refractivity contribution is -0.111. The van der Waals surface area contributed by atoms with Crippen LogP contribution >= 0.6 is 23.6 Å². The molecule has 1 aromatic rings. The minimum Gasteiger partial charge on any atom is -0.365 e. The molecule has 0 unspecified atom stereocenters. The van der Waals surface area contributed by atoms with Gasteiger partial charge in [-0.1, -0.05) is 12.2 Å². The fourth-order valence-corrected chi connectivity index (χ4v) is 3.55. The SMILES string of the molecule is NC(=O)C(=S)Nc1sc2c(c1C(N)=O)CCCC2. The summed E-state index contributed by atoms with van der Waals surface area (Å²) in [6, 6.07) is 0. The van der Waals surface area contributed by atoms with Crippen molar-refractivity contribution in [2.45, 2.75) is 25.7 Å². The van der Waals surface area contributed by atoms with Gasteiger partial charge in [0.05, 0.1) is 5.56 Å². The fraction of sp³-hybridized carbons (Fsp3) is 0.364. The molecule has 0 radical (unpaired) electrons. The number of carbonyl (C=O) groups excluding carboxylic acids is 2. The number of primary amides is 2. The van der Waals surface area contributed by atoms with Gasteiger partial charge >= 0.3 is 0 Å². The second-order valence-corrected chi connectivity index (χ2v) is 5.61. The monoisotopic (exact) mass is 283 g/mol. The summed E-state index contributed by atoms with van der Waals surface area (Å²) >= 11 is 6.24. The van der Waals surface area contributed by atoms with Gasteiger partial charge in [0.25, 0.3) is 11.8 Å². The fourth-order valence-electron chi connectivity index (χ4n) is 2.08. The number of aryl methyl sites for hydroxylation is 1. The summed E-state index contributed by atoms with van der Waals surface area (Å²) in [6.07, 6.45) is 3.93. The molecule has 0 aliphatic heterocycles. The summed E-state index contributed by atoms with van der Waals surface area (Å²) in [5.74, 6) is -1.21. The summed E-state index contributed by atoms with van der Waals surface area (Å²) in [6.45, 7) is 0. The van der Waals surface area contributed by atoms with Crippen LogP contribution in [0, 0.1) is 0 Å². The van der Waals surface area contributed by atoms with E-state index in [-0.39, 0.29) is 4.99 Å². The van der Waals surface area contributed by atoms with Gasteiger partial charge in [-0.25, -0.2) is 0 Å². The van der Waals surface area contributed by atoms with E-state index in [4.69, 9.17) is 23.7 Å². The van der Waals surface area contributed by atoms with Crippen molar-refractivity contribution >= 4 is 45.4 Å². The summed E-state index contributed by atoms with van der Waals surface area (Å²) < 4.78 is 0. The molecule has 2 amide bonds. The van der Waals surface area contributed by atoms with Gasteiger partial charge in [0.1, 0.15) is 5.00 Å². The van der Waals surface area contributed by atoms with Gasteiger partial charge in [-0.05, 0) is 31.2 Å². The lowest BCUT2D eigenvalue weighted by Gasteiger charge is -2.11. The molecular formula is C11H13N3O2S2. The third-order valence-electron chi connectivity index (χ3n) is 2.87. The minimum atomic E-state index is -0.716. The van der Waals surface area contributed by atoms with E-state index in [1.54, 1.807) is 0 Å². The largest absolute Gasteiger partial charge is 0.365 e. The van der Waals surface area contributed by atoms with Gasteiger partial charge in [0.15, 0.2) is 4.99 Å². The Morgan fingerprint density at radius 2 is 1.89 bits per heavy atom. The van der Waals surface area contributed by atoms with E-state index in [0.717, 1.165) is 36.1 Å². The molecule has 1 aliphatic rings. The third kappa shape index (κ3) is 2.37. The molecule has 0 saturated carbocycles. The molecule has 0 saturated heterocycles. The van der Waals surface area contributed by atoms with Crippen molar-refractivity contribution in [3.05, 3.63) is 16.0 Å². The Morgan fingerprint density at radius 3 is 2.50 bits per heavy atom. The summed E-state index contributed by atoms with van der Waals surface area (Å²) in [5.41, 5.74) is 11.9. The van der Waals surface area contributed by atoms with E-state index >= 15 is 0 Å². The van der Waals surface area contributed by atoms with E-state index in [1.165, 1.54) is 11.3 Å². The van der Waals surface area contributed by atoms with Crippen LogP contribution in [0.5, 0.6) is 0 Å². The number of nitrogens with two attached hydrogens (primary N) is 2. The van der Waals surface area contributed by atoms with Crippen LogP contribution in [0.25, 0.3) is 0 Å². The van der Waals surface area contributed by atoms with Crippen LogP contribution in [-0.4, -0.2) is 16.8 Å². The van der Waals surface area contributed by atoms with Crippen LogP contribution in [0.3, 0.4) is 0 Å². The number of thiocarbonyl (C=S) groups is 1. The molecule has 18 heavy (non-hydrogen) atoms. The maximum absolute atomic E-state index is 11.5. The molecule has 5 N–H and O–H groups in total. The average Bonchev–Trinajstić information content (AvgIpc) is 2.66. The van der Waals surface area contributed by atoms with Gasteiger partial charge in [-0.2, -0.15) is 0 Å². The van der Waals surface area contributed by atoms with Crippen LogP contribution in [-0.2, 0) is 17.6 Å². The van der Waals surface area contributed by atoms with Gasteiger partial charge in [-0.3, -0.25) is 9.59 Å². The van der Waals surface area contributed by atoms with Crippen LogP contribution < -0.4 is 16.8 Å². The first-order valence-electron chi connectivity index (χ1n) is 5.56. The zero-order valence-corrected chi connectivity index (χ0v) is 11.2. The number of rotatable bonds is 2. The van der Waals surface area contributed by atoms with Gasteiger partial charge in [0.2, 0.25) is 0 Å². The Balaban J connectivity index is 2.40. The van der Waals surface area contributed by atoms with Crippen LogP contribution in [0.15, 0.2) is 0 Å². The summed E-state index contributed by atoms with van der Waals surface area (Å²) in [4.78, 5) is 23.5. The van der Waals surface area contributed by atoms with Crippen molar-refractivity contribution in [3.63, 3.8) is 0 Å². The topological polar surface area (TPSA) is 98.2 Å². The van der Waals surface area contributed by atoms with Crippen molar-refractivity contribution in [2.75, 3.05) is 5.32 Å². The number of carbonyl (C=O) groups is 2. The Hall–Kier alpha value is -1.47. The number of nitrogens with one attached hydrogen (secondary N) is 1. The van der Waals surface area contributed by atoms with Gasteiger partial charge in [-0.15, -0.1) is 11.3 Å². The van der Waals surface area contributed by atoms with Crippen LogP contribution in [0.2, 0.25) is 0 Å². The molecule has 7 heteroatoms. The number of hydrogen-bond donors (Lipinski definition) is 3. The maximum atomic E-state index is 11.5. The average molecular weight is 283 g/mol.